The highest BCUT2D eigenvalue weighted by atomic mass is 16.5. The monoisotopic (exact) mass is 249 g/mol. The minimum Gasteiger partial charge on any atom is -0.394 e. The molecular formula is C14H19NO3. The Labute approximate surface area is 107 Å². The van der Waals surface area contributed by atoms with E-state index in [1.165, 1.54) is 0 Å². The normalized spacial score (nSPS) is 21.7. The summed E-state index contributed by atoms with van der Waals surface area (Å²) in [5, 5.41) is 9.29. The summed E-state index contributed by atoms with van der Waals surface area (Å²) >= 11 is 0. The van der Waals surface area contributed by atoms with Crippen LogP contribution in [0.4, 0.5) is 0 Å². The van der Waals surface area contributed by atoms with Gasteiger partial charge in [-0.15, -0.1) is 0 Å². The molecule has 2 atom stereocenters. The lowest BCUT2D eigenvalue weighted by Gasteiger charge is -2.36. The Balaban J connectivity index is 2.10. The van der Waals surface area contributed by atoms with E-state index in [0.717, 1.165) is 5.56 Å². The Morgan fingerprint density at radius 1 is 1.50 bits per heavy atom. The molecule has 0 aliphatic carbocycles. The third-order valence-corrected chi connectivity index (χ3v) is 3.39. The van der Waals surface area contributed by atoms with Crippen LogP contribution in [0, 0.1) is 0 Å². The number of ether oxygens (including phenoxy) is 1. The highest BCUT2D eigenvalue weighted by Gasteiger charge is 2.30. The van der Waals surface area contributed by atoms with Crippen molar-refractivity contribution >= 4 is 5.91 Å². The highest BCUT2D eigenvalue weighted by Crippen LogP contribution is 2.20. The molecule has 1 aliphatic rings. The number of hydrogen-bond donors (Lipinski definition) is 1. The Kier molecular flexibility index (Phi) is 4.33. The predicted octanol–water partition coefficient (Wildman–Crippen LogP) is 1.01. The van der Waals surface area contributed by atoms with E-state index in [2.05, 4.69) is 0 Å². The van der Waals surface area contributed by atoms with E-state index in [0.29, 0.717) is 19.8 Å². The van der Waals surface area contributed by atoms with E-state index in [1.54, 1.807) is 4.90 Å². The van der Waals surface area contributed by atoms with Gasteiger partial charge in [-0.3, -0.25) is 4.79 Å². The van der Waals surface area contributed by atoms with Crippen LogP contribution < -0.4 is 0 Å². The van der Waals surface area contributed by atoms with Crippen molar-refractivity contribution in [3.05, 3.63) is 35.9 Å². The summed E-state index contributed by atoms with van der Waals surface area (Å²) in [6, 6.07) is 9.50. The predicted molar refractivity (Wildman–Crippen MR) is 68.3 cm³/mol. The number of amides is 1. The van der Waals surface area contributed by atoms with Gasteiger partial charge in [0.1, 0.15) is 0 Å². The van der Waals surface area contributed by atoms with Crippen LogP contribution in [0.25, 0.3) is 0 Å². The third kappa shape index (κ3) is 2.71. The first-order valence-corrected chi connectivity index (χ1v) is 6.28. The number of carbonyl (C=O) groups is 1. The fourth-order valence-electron chi connectivity index (χ4n) is 2.23. The van der Waals surface area contributed by atoms with Crippen LogP contribution in [0.5, 0.6) is 0 Å². The summed E-state index contributed by atoms with van der Waals surface area (Å²) < 4.78 is 5.28. The molecule has 1 N–H and O–H groups in total. The van der Waals surface area contributed by atoms with Gasteiger partial charge in [-0.1, -0.05) is 30.3 Å². The SMILES string of the molecule is CC(C(=O)N1CCOCC1CO)c1ccccc1. The van der Waals surface area contributed by atoms with Gasteiger partial charge < -0.3 is 14.7 Å². The molecule has 0 bridgehead atoms. The Morgan fingerprint density at radius 3 is 2.89 bits per heavy atom. The Hall–Kier alpha value is -1.39. The average molecular weight is 249 g/mol. The van der Waals surface area contributed by atoms with Crippen molar-refractivity contribution in [3.63, 3.8) is 0 Å². The molecule has 1 saturated heterocycles. The molecule has 2 unspecified atom stereocenters. The summed E-state index contributed by atoms with van der Waals surface area (Å²) in [5.74, 6) is -0.123. The van der Waals surface area contributed by atoms with Gasteiger partial charge in [-0.25, -0.2) is 0 Å². The second-order valence-electron chi connectivity index (χ2n) is 4.58. The summed E-state index contributed by atoms with van der Waals surface area (Å²) in [4.78, 5) is 14.2. The first-order chi connectivity index (χ1) is 8.74. The maximum atomic E-state index is 12.4. The minimum absolute atomic E-state index is 0.0484. The van der Waals surface area contributed by atoms with Crippen molar-refractivity contribution in [3.8, 4) is 0 Å². The molecule has 0 aromatic heterocycles. The molecule has 18 heavy (non-hydrogen) atoms. The van der Waals surface area contributed by atoms with E-state index in [9.17, 15) is 9.90 Å². The summed E-state index contributed by atoms with van der Waals surface area (Å²) in [7, 11) is 0. The summed E-state index contributed by atoms with van der Waals surface area (Å²) in [6.45, 7) is 3.38. The zero-order valence-electron chi connectivity index (χ0n) is 10.6. The van der Waals surface area contributed by atoms with Gasteiger partial charge in [0.05, 0.1) is 31.8 Å². The fraction of sp³-hybridized carbons (Fsp3) is 0.500. The number of aliphatic hydroxyl groups excluding tert-OH is 1. The van der Waals surface area contributed by atoms with Gasteiger partial charge >= 0.3 is 0 Å². The van der Waals surface area contributed by atoms with Crippen molar-refractivity contribution in [2.75, 3.05) is 26.4 Å². The molecule has 1 aromatic rings. The first kappa shape index (κ1) is 13.1. The fourth-order valence-corrected chi connectivity index (χ4v) is 2.23. The number of hydrogen-bond acceptors (Lipinski definition) is 3. The lowest BCUT2D eigenvalue weighted by Crippen LogP contribution is -2.51. The number of nitrogens with zero attached hydrogens (tertiary/aromatic N) is 1. The van der Waals surface area contributed by atoms with Crippen LogP contribution >= 0.6 is 0 Å². The van der Waals surface area contributed by atoms with Gasteiger partial charge in [-0.2, -0.15) is 0 Å². The largest absolute Gasteiger partial charge is 0.394 e. The molecular weight excluding hydrogens is 230 g/mol. The second kappa shape index (κ2) is 5.98. The van der Waals surface area contributed by atoms with Crippen molar-refractivity contribution in [1.29, 1.82) is 0 Å². The quantitative estimate of drug-likeness (QED) is 0.869. The zero-order valence-corrected chi connectivity index (χ0v) is 10.6. The number of morpholine rings is 1. The summed E-state index contributed by atoms with van der Waals surface area (Å²) in [5.41, 5.74) is 1.01. The molecule has 1 fully saturated rings. The van der Waals surface area contributed by atoms with E-state index in [-0.39, 0.29) is 24.5 Å². The number of rotatable bonds is 3. The van der Waals surface area contributed by atoms with Crippen LogP contribution in [0.1, 0.15) is 18.4 Å². The van der Waals surface area contributed by atoms with Crippen LogP contribution in [0.2, 0.25) is 0 Å². The Bertz CT molecular complexity index is 393. The highest BCUT2D eigenvalue weighted by molar-refractivity contribution is 5.83. The molecule has 0 saturated carbocycles. The van der Waals surface area contributed by atoms with Gasteiger partial charge in [0.2, 0.25) is 5.91 Å². The van der Waals surface area contributed by atoms with Crippen LogP contribution in [0.3, 0.4) is 0 Å². The molecule has 1 aromatic carbocycles. The van der Waals surface area contributed by atoms with E-state index in [1.807, 2.05) is 37.3 Å². The van der Waals surface area contributed by atoms with Crippen molar-refractivity contribution in [2.45, 2.75) is 18.9 Å². The number of aliphatic hydroxyl groups is 1. The van der Waals surface area contributed by atoms with Crippen molar-refractivity contribution in [2.24, 2.45) is 0 Å². The average Bonchev–Trinajstić information content (AvgIpc) is 2.46. The molecule has 1 aliphatic heterocycles. The molecule has 0 radical (unpaired) electrons. The second-order valence-corrected chi connectivity index (χ2v) is 4.58. The minimum atomic E-state index is -0.211. The Morgan fingerprint density at radius 2 is 2.22 bits per heavy atom. The van der Waals surface area contributed by atoms with Gasteiger partial charge in [0.25, 0.3) is 0 Å². The standard InChI is InChI=1S/C14H19NO3/c1-11(12-5-3-2-4-6-12)14(17)15-7-8-18-10-13(15)9-16/h2-6,11,13,16H,7-10H2,1H3. The zero-order chi connectivity index (χ0) is 13.0. The van der Waals surface area contributed by atoms with E-state index < -0.39 is 0 Å². The maximum Gasteiger partial charge on any atom is 0.230 e. The first-order valence-electron chi connectivity index (χ1n) is 6.28. The van der Waals surface area contributed by atoms with Crippen LogP contribution in [-0.4, -0.2) is 48.3 Å². The van der Waals surface area contributed by atoms with Crippen molar-refractivity contribution < 1.29 is 14.6 Å². The van der Waals surface area contributed by atoms with Crippen LogP contribution in [0.15, 0.2) is 30.3 Å². The molecule has 4 nitrogen and oxygen atoms in total. The van der Waals surface area contributed by atoms with Gasteiger partial charge in [-0.05, 0) is 12.5 Å². The topological polar surface area (TPSA) is 49.8 Å². The molecule has 4 heteroatoms. The van der Waals surface area contributed by atoms with E-state index >= 15 is 0 Å². The number of benzene rings is 1. The molecule has 1 heterocycles. The van der Waals surface area contributed by atoms with Gasteiger partial charge in [0, 0.05) is 6.54 Å². The number of carbonyl (C=O) groups excluding carboxylic acids is 1. The lowest BCUT2D eigenvalue weighted by atomic mass is 9.99. The summed E-state index contributed by atoms with van der Waals surface area (Å²) in [6.07, 6.45) is 0. The third-order valence-electron chi connectivity index (χ3n) is 3.39. The lowest BCUT2D eigenvalue weighted by molar-refractivity contribution is -0.142. The molecule has 0 spiro atoms. The van der Waals surface area contributed by atoms with Crippen molar-refractivity contribution in [1.82, 2.24) is 4.90 Å². The molecule has 2 rings (SSSR count). The maximum absolute atomic E-state index is 12.4. The molecule has 1 amide bonds. The van der Waals surface area contributed by atoms with Crippen LogP contribution in [-0.2, 0) is 9.53 Å². The van der Waals surface area contributed by atoms with E-state index in [4.69, 9.17) is 4.74 Å². The molecule has 98 valence electrons. The van der Waals surface area contributed by atoms with Gasteiger partial charge in [0.15, 0.2) is 0 Å². The smallest absolute Gasteiger partial charge is 0.230 e.